The van der Waals surface area contributed by atoms with Crippen molar-refractivity contribution in [1.82, 2.24) is 4.90 Å². The van der Waals surface area contributed by atoms with Gasteiger partial charge in [0.05, 0.1) is 12.6 Å². The van der Waals surface area contributed by atoms with Gasteiger partial charge in [-0.3, -0.25) is 4.90 Å². The lowest BCUT2D eigenvalue weighted by atomic mass is 10.0. The van der Waals surface area contributed by atoms with Crippen LogP contribution >= 0.6 is 0 Å². The van der Waals surface area contributed by atoms with E-state index in [-0.39, 0.29) is 12.6 Å². The van der Waals surface area contributed by atoms with Crippen LogP contribution in [-0.2, 0) is 0 Å². The van der Waals surface area contributed by atoms with Gasteiger partial charge in [0.25, 0.3) is 0 Å². The van der Waals surface area contributed by atoms with E-state index >= 15 is 0 Å². The zero-order valence-electron chi connectivity index (χ0n) is 13.0. The van der Waals surface area contributed by atoms with Crippen LogP contribution in [0.15, 0.2) is 30.3 Å². The first kappa shape index (κ1) is 15.5. The van der Waals surface area contributed by atoms with E-state index in [0.29, 0.717) is 12.1 Å². The van der Waals surface area contributed by atoms with Crippen molar-refractivity contribution in [2.45, 2.75) is 70.5 Å². The van der Waals surface area contributed by atoms with Crippen LogP contribution in [0.3, 0.4) is 0 Å². The van der Waals surface area contributed by atoms with Crippen LogP contribution < -0.4 is 0 Å². The monoisotopic (exact) mass is 275 g/mol. The smallest absolute Gasteiger partial charge is 0.0628 e. The Labute approximate surface area is 123 Å². The molecule has 1 aliphatic rings. The lowest BCUT2D eigenvalue weighted by Crippen LogP contribution is -2.40. The number of rotatable bonds is 7. The van der Waals surface area contributed by atoms with Gasteiger partial charge in [0.15, 0.2) is 0 Å². The molecule has 0 amide bonds. The molecule has 20 heavy (non-hydrogen) atoms. The Hall–Kier alpha value is -0.860. The lowest BCUT2D eigenvalue weighted by molar-refractivity contribution is 0.0699. The number of aliphatic hydroxyl groups excluding tert-OH is 1. The van der Waals surface area contributed by atoms with Crippen LogP contribution in [0.5, 0.6) is 0 Å². The zero-order valence-corrected chi connectivity index (χ0v) is 13.0. The van der Waals surface area contributed by atoms with Crippen LogP contribution in [0.4, 0.5) is 0 Å². The van der Waals surface area contributed by atoms with Gasteiger partial charge in [-0.15, -0.1) is 0 Å². The largest absolute Gasteiger partial charge is 0.394 e. The van der Waals surface area contributed by atoms with Gasteiger partial charge in [0.1, 0.15) is 0 Å². The first-order valence-electron chi connectivity index (χ1n) is 8.25. The van der Waals surface area contributed by atoms with E-state index in [1.54, 1.807) is 0 Å². The van der Waals surface area contributed by atoms with Crippen molar-refractivity contribution in [3.63, 3.8) is 0 Å². The topological polar surface area (TPSA) is 23.5 Å². The number of likely N-dealkylation sites (tertiary alicyclic amines) is 1. The maximum atomic E-state index is 9.97. The first-order valence-corrected chi connectivity index (χ1v) is 8.25. The molecule has 0 radical (unpaired) electrons. The lowest BCUT2D eigenvalue weighted by Gasteiger charge is -2.37. The van der Waals surface area contributed by atoms with Gasteiger partial charge in [-0.05, 0) is 31.2 Å². The molecule has 1 heterocycles. The molecule has 1 N–H and O–H groups in total. The Morgan fingerprint density at radius 1 is 1.05 bits per heavy atom. The van der Waals surface area contributed by atoms with Gasteiger partial charge in [-0.1, -0.05) is 57.0 Å². The van der Waals surface area contributed by atoms with E-state index in [1.807, 2.05) is 0 Å². The van der Waals surface area contributed by atoms with Crippen molar-refractivity contribution < 1.29 is 5.11 Å². The third kappa shape index (κ3) is 3.42. The second-order valence-electron chi connectivity index (χ2n) is 6.02. The normalized spacial score (nSPS) is 24.9. The van der Waals surface area contributed by atoms with E-state index in [1.165, 1.54) is 44.1 Å². The molecule has 0 saturated carbocycles. The molecule has 1 aliphatic heterocycles. The summed E-state index contributed by atoms with van der Waals surface area (Å²) in [5.41, 5.74) is 1.26. The molecule has 2 heteroatoms. The van der Waals surface area contributed by atoms with E-state index in [9.17, 15) is 5.11 Å². The molecule has 1 fully saturated rings. The van der Waals surface area contributed by atoms with Crippen molar-refractivity contribution in [3.05, 3.63) is 35.9 Å². The Morgan fingerprint density at radius 3 is 2.05 bits per heavy atom. The summed E-state index contributed by atoms with van der Waals surface area (Å²) in [7, 11) is 0. The fourth-order valence-corrected chi connectivity index (χ4v) is 3.79. The average molecular weight is 275 g/mol. The molecule has 0 unspecified atom stereocenters. The van der Waals surface area contributed by atoms with Gasteiger partial charge in [-0.2, -0.15) is 0 Å². The van der Waals surface area contributed by atoms with Crippen LogP contribution in [0.1, 0.15) is 64.0 Å². The molecule has 3 atom stereocenters. The van der Waals surface area contributed by atoms with Crippen molar-refractivity contribution in [3.8, 4) is 0 Å². The third-order valence-corrected chi connectivity index (χ3v) is 4.64. The summed E-state index contributed by atoms with van der Waals surface area (Å²) in [5, 5.41) is 9.97. The molecule has 0 bridgehead atoms. The van der Waals surface area contributed by atoms with Gasteiger partial charge in [-0.25, -0.2) is 0 Å². The molecular weight excluding hydrogens is 246 g/mol. The number of hydrogen-bond donors (Lipinski definition) is 1. The van der Waals surface area contributed by atoms with Crippen LogP contribution in [0.2, 0.25) is 0 Å². The minimum atomic E-state index is 0.173. The predicted molar refractivity (Wildman–Crippen MR) is 84.7 cm³/mol. The SMILES string of the molecule is CCC[C@@H]1CC[C@H](CCC)N1[C@H](CO)c1ccccc1. The minimum Gasteiger partial charge on any atom is -0.394 e. The zero-order chi connectivity index (χ0) is 14.4. The van der Waals surface area contributed by atoms with Crippen LogP contribution in [0, 0.1) is 0 Å². The third-order valence-electron chi connectivity index (χ3n) is 4.64. The maximum Gasteiger partial charge on any atom is 0.0628 e. The fraction of sp³-hybridized carbons (Fsp3) is 0.667. The molecule has 1 saturated heterocycles. The number of aliphatic hydroxyl groups is 1. The van der Waals surface area contributed by atoms with Gasteiger partial charge >= 0.3 is 0 Å². The Morgan fingerprint density at radius 2 is 1.60 bits per heavy atom. The Kier molecular flexibility index (Phi) is 6.06. The molecule has 112 valence electrons. The minimum absolute atomic E-state index is 0.173. The molecular formula is C18H29NO. The molecule has 1 aromatic carbocycles. The summed E-state index contributed by atoms with van der Waals surface area (Å²) in [4.78, 5) is 2.63. The van der Waals surface area contributed by atoms with Gasteiger partial charge in [0, 0.05) is 12.1 Å². The standard InChI is InChI=1S/C18H29NO/c1-3-8-16-12-13-17(9-4-2)19(16)18(14-20)15-10-6-5-7-11-15/h5-7,10-11,16-18,20H,3-4,8-9,12-14H2,1-2H3/t16-,17+,18-/m1/s1. The maximum absolute atomic E-state index is 9.97. The quantitative estimate of drug-likeness (QED) is 0.808. The number of benzene rings is 1. The summed E-state index contributed by atoms with van der Waals surface area (Å²) in [6, 6.07) is 12.0. The molecule has 0 aromatic heterocycles. The molecule has 0 aliphatic carbocycles. The van der Waals surface area contributed by atoms with E-state index in [0.717, 1.165) is 0 Å². The second-order valence-corrected chi connectivity index (χ2v) is 6.02. The van der Waals surface area contributed by atoms with Crippen molar-refractivity contribution in [1.29, 1.82) is 0 Å². The number of nitrogens with zero attached hydrogens (tertiary/aromatic N) is 1. The fourth-order valence-electron chi connectivity index (χ4n) is 3.79. The van der Waals surface area contributed by atoms with Gasteiger partial charge in [0.2, 0.25) is 0 Å². The molecule has 2 rings (SSSR count). The summed E-state index contributed by atoms with van der Waals surface area (Å²) in [6.45, 7) is 4.76. The summed E-state index contributed by atoms with van der Waals surface area (Å²) < 4.78 is 0. The molecule has 1 aromatic rings. The van der Waals surface area contributed by atoms with E-state index in [4.69, 9.17) is 0 Å². The van der Waals surface area contributed by atoms with Crippen LogP contribution in [-0.4, -0.2) is 28.7 Å². The summed E-state index contributed by atoms with van der Waals surface area (Å²) in [5.74, 6) is 0. The number of hydrogen-bond acceptors (Lipinski definition) is 2. The van der Waals surface area contributed by atoms with Crippen LogP contribution in [0.25, 0.3) is 0 Å². The Balaban J connectivity index is 2.22. The van der Waals surface area contributed by atoms with Crippen molar-refractivity contribution >= 4 is 0 Å². The molecule has 2 nitrogen and oxygen atoms in total. The Bertz CT molecular complexity index is 364. The van der Waals surface area contributed by atoms with E-state index in [2.05, 4.69) is 49.1 Å². The first-order chi connectivity index (χ1) is 9.81. The highest BCUT2D eigenvalue weighted by atomic mass is 16.3. The second kappa shape index (κ2) is 7.80. The average Bonchev–Trinajstić information content (AvgIpc) is 2.85. The van der Waals surface area contributed by atoms with E-state index < -0.39 is 0 Å². The van der Waals surface area contributed by atoms with Crippen molar-refractivity contribution in [2.24, 2.45) is 0 Å². The summed E-state index contributed by atoms with van der Waals surface area (Å²) >= 11 is 0. The highest BCUT2D eigenvalue weighted by Gasteiger charge is 2.37. The highest BCUT2D eigenvalue weighted by molar-refractivity contribution is 5.20. The van der Waals surface area contributed by atoms with Crippen molar-refractivity contribution in [2.75, 3.05) is 6.61 Å². The predicted octanol–water partition coefficient (Wildman–Crippen LogP) is 4.15. The molecule has 0 spiro atoms. The van der Waals surface area contributed by atoms with Gasteiger partial charge < -0.3 is 5.11 Å². The highest BCUT2D eigenvalue weighted by Crippen LogP contribution is 2.37. The summed E-state index contributed by atoms with van der Waals surface area (Å²) in [6.07, 6.45) is 7.55.